The van der Waals surface area contributed by atoms with Gasteiger partial charge in [0, 0.05) is 44.5 Å². The van der Waals surface area contributed by atoms with Gasteiger partial charge in [-0.05, 0) is 68.4 Å². The Bertz CT molecular complexity index is 1840. The van der Waals surface area contributed by atoms with Gasteiger partial charge in [-0.3, -0.25) is 14.4 Å². The summed E-state index contributed by atoms with van der Waals surface area (Å²) < 4.78 is 25.0. The summed E-state index contributed by atoms with van der Waals surface area (Å²) in [5, 5.41) is 6.65. The summed E-state index contributed by atoms with van der Waals surface area (Å²) in [4.78, 5) is 63.8. The molecule has 5 aliphatic rings. The van der Waals surface area contributed by atoms with E-state index in [4.69, 9.17) is 29.7 Å². The van der Waals surface area contributed by atoms with Crippen molar-refractivity contribution in [2.75, 3.05) is 39.9 Å². The molecule has 7 atom stereocenters. The number of aromatic nitrogens is 1. The van der Waals surface area contributed by atoms with E-state index < -0.39 is 53.0 Å². The molecule has 2 bridgehead atoms. The maximum Gasteiger partial charge on any atom is 0.408 e. The average molecular weight is 789 g/mol. The van der Waals surface area contributed by atoms with Gasteiger partial charge in [-0.15, -0.1) is 6.58 Å². The highest BCUT2D eigenvalue weighted by Crippen LogP contribution is 2.45. The highest BCUT2D eigenvalue weighted by molar-refractivity contribution is 5.98. The topological polar surface area (TPSA) is 175 Å². The third-order valence-electron chi connectivity index (χ3n) is 12.5. The van der Waals surface area contributed by atoms with Crippen molar-refractivity contribution in [2.45, 2.75) is 121 Å². The van der Waals surface area contributed by atoms with E-state index in [0.29, 0.717) is 25.3 Å². The molecule has 4 amide bonds. The molecule has 57 heavy (non-hydrogen) atoms. The smallest absolute Gasteiger partial charge is 0.408 e. The van der Waals surface area contributed by atoms with Gasteiger partial charge in [0.15, 0.2) is 0 Å². The van der Waals surface area contributed by atoms with Crippen LogP contribution in [-0.2, 0) is 30.3 Å². The summed E-state index contributed by atoms with van der Waals surface area (Å²) in [6.45, 7) is 12.8. The van der Waals surface area contributed by atoms with Crippen LogP contribution < -0.4 is 25.8 Å². The van der Waals surface area contributed by atoms with Crippen molar-refractivity contribution >= 4 is 34.7 Å². The van der Waals surface area contributed by atoms with Crippen molar-refractivity contribution in [2.24, 2.45) is 23.0 Å². The Hall–Kier alpha value is -4.43. The van der Waals surface area contributed by atoms with Crippen LogP contribution >= 0.6 is 0 Å². The van der Waals surface area contributed by atoms with Crippen LogP contribution in [0.4, 0.5) is 4.79 Å². The molecule has 0 radical (unpaired) electrons. The molecule has 4 heterocycles. The number of primary amides is 1. The van der Waals surface area contributed by atoms with Gasteiger partial charge in [0.25, 0.3) is 0 Å². The highest BCUT2D eigenvalue weighted by Gasteiger charge is 2.60. The number of ether oxygens (including phenoxy) is 4. The number of hydrogen-bond acceptors (Lipinski definition) is 10. The van der Waals surface area contributed by atoms with Gasteiger partial charge in [0.05, 0.1) is 24.2 Å². The number of methoxy groups -OCH3 is 1. The number of pyridine rings is 1. The molecule has 1 aromatic carbocycles. The number of para-hydroxylation sites is 1. The molecular formula is C43H60N6O8. The quantitative estimate of drug-likeness (QED) is 0.312. The van der Waals surface area contributed by atoms with E-state index in [2.05, 4.69) is 22.1 Å². The zero-order valence-corrected chi connectivity index (χ0v) is 33.9. The van der Waals surface area contributed by atoms with Crippen LogP contribution in [0.5, 0.6) is 11.6 Å². The Kier molecular flexibility index (Phi) is 12.0. The number of benzene rings is 1. The summed E-state index contributed by atoms with van der Waals surface area (Å²) in [6.07, 6.45) is 7.55. The number of nitrogens with zero attached hydrogens (tertiary/aromatic N) is 3. The number of fused-ring (bicyclic) bond motifs is 5. The predicted octanol–water partition coefficient (Wildman–Crippen LogP) is 4.26. The Morgan fingerprint density at radius 2 is 1.88 bits per heavy atom. The van der Waals surface area contributed by atoms with Crippen molar-refractivity contribution in [3.8, 4) is 11.6 Å². The summed E-state index contributed by atoms with van der Waals surface area (Å²) in [7, 11) is 1.73. The lowest BCUT2D eigenvalue weighted by atomic mass is 9.85. The fraction of sp³-hybridized carbons (Fsp3) is 0.651. The van der Waals surface area contributed by atoms with Crippen molar-refractivity contribution in [3.05, 3.63) is 42.5 Å². The van der Waals surface area contributed by atoms with E-state index in [1.165, 1.54) is 4.90 Å². The first-order valence-electron chi connectivity index (χ1n) is 20.8. The maximum absolute atomic E-state index is 14.7. The van der Waals surface area contributed by atoms with Crippen LogP contribution in [0.3, 0.4) is 0 Å². The first-order chi connectivity index (χ1) is 27.3. The van der Waals surface area contributed by atoms with Gasteiger partial charge in [-0.25, -0.2) is 9.78 Å². The largest absolute Gasteiger partial charge is 0.489 e. The van der Waals surface area contributed by atoms with Gasteiger partial charge < -0.3 is 45.1 Å². The number of hydrogen-bond donors (Lipinski definition) is 3. The molecule has 0 unspecified atom stereocenters. The number of nitrogens with one attached hydrogen (secondary N) is 2. The molecular weight excluding hydrogens is 729 g/mol. The minimum absolute atomic E-state index is 0.00940. The number of piperidine rings is 1. The molecule has 2 saturated heterocycles. The fourth-order valence-electron chi connectivity index (χ4n) is 8.84. The number of carbonyl (C=O) groups excluding carboxylic acids is 4. The minimum Gasteiger partial charge on any atom is -0.489 e. The molecule has 4 N–H and O–H groups in total. The third-order valence-corrected chi connectivity index (χ3v) is 12.5. The fourth-order valence-corrected chi connectivity index (χ4v) is 8.84. The highest BCUT2D eigenvalue weighted by atomic mass is 16.6. The monoisotopic (exact) mass is 788 g/mol. The van der Waals surface area contributed by atoms with Crippen molar-refractivity contribution in [1.29, 1.82) is 0 Å². The molecule has 7 rings (SSSR count). The summed E-state index contributed by atoms with van der Waals surface area (Å²) in [6, 6.07) is 5.89. The van der Waals surface area contributed by atoms with Crippen LogP contribution in [0.15, 0.2) is 36.9 Å². The summed E-state index contributed by atoms with van der Waals surface area (Å²) >= 11 is 0. The lowest BCUT2D eigenvalue weighted by Crippen LogP contribution is -2.59. The molecule has 4 fully saturated rings. The molecule has 14 nitrogen and oxygen atoms in total. The molecule has 1 aromatic heterocycles. The number of rotatable bonds is 9. The van der Waals surface area contributed by atoms with Crippen molar-refractivity contribution in [3.63, 3.8) is 0 Å². The lowest BCUT2D eigenvalue weighted by molar-refractivity contribution is -0.142. The van der Waals surface area contributed by atoms with Gasteiger partial charge >= 0.3 is 6.09 Å². The zero-order valence-electron chi connectivity index (χ0n) is 33.9. The molecule has 2 saturated carbocycles. The second-order valence-electron chi connectivity index (χ2n) is 17.7. The van der Waals surface area contributed by atoms with E-state index >= 15 is 0 Å². The van der Waals surface area contributed by atoms with Gasteiger partial charge in [-0.1, -0.05) is 51.8 Å². The molecule has 3 aliphatic heterocycles. The minimum atomic E-state index is -1.27. The van der Waals surface area contributed by atoms with Crippen LogP contribution in [0.2, 0.25) is 0 Å². The van der Waals surface area contributed by atoms with E-state index in [1.807, 2.05) is 45.0 Å². The van der Waals surface area contributed by atoms with E-state index in [9.17, 15) is 19.2 Å². The number of likely N-dealkylation sites (tertiary alicyclic amines) is 1. The second kappa shape index (κ2) is 16.8. The van der Waals surface area contributed by atoms with Crippen LogP contribution in [-0.4, -0.2) is 114 Å². The number of alkyl carbamates (subject to hydrolysis) is 1. The normalized spacial score (nSPS) is 30.1. The molecule has 2 aliphatic carbocycles. The number of carbonyl (C=O) groups is 4. The Labute approximate surface area is 335 Å². The lowest BCUT2D eigenvalue weighted by Gasteiger charge is -2.35. The van der Waals surface area contributed by atoms with Crippen LogP contribution in [0.25, 0.3) is 10.9 Å². The molecule has 310 valence electrons. The molecule has 0 spiro atoms. The molecule has 14 heteroatoms. The SMILES string of the molecule is C=C[C@@H]1C[C@]1(NC(=O)[C@@H]1C[C@@H]2CN1C(=O)[C@H](C(C)(C)C)NC(=O)O[C@@H]1C[C@H]1CCCCCc1c(nc3ccccc3c1OC1CCN(CCOC)CC1)O2)C(N)=O. The Balaban J connectivity index is 1.23. The van der Waals surface area contributed by atoms with E-state index in [0.717, 1.165) is 86.8 Å². The van der Waals surface area contributed by atoms with Crippen LogP contribution in [0, 0.1) is 17.3 Å². The van der Waals surface area contributed by atoms with Gasteiger partial charge in [-0.2, -0.15) is 0 Å². The zero-order chi connectivity index (χ0) is 40.5. The first-order valence-corrected chi connectivity index (χ1v) is 20.8. The summed E-state index contributed by atoms with van der Waals surface area (Å²) in [5.41, 5.74) is 5.40. The predicted molar refractivity (Wildman–Crippen MR) is 214 cm³/mol. The van der Waals surface area contributed by atoms with E-state index in [-0.39, 0.29) is 37.0 Å². The first kappa shape index (κ1) is 40.8. The van der Waals surface area contributed by atoms with Gasteiger partial charge in [0.2, 0.25) is 23.6 Å². The Morgan fingerprint density at radius 3 is 2.58 bits per heavy atom. The second-order valence-corrected chi connectivity index (χ2v) is 17.7. The number of amides is 4. The van der Waals surface area contributed by atoms with Gasteiger partial charge in [0.1, 0.15) is 41.7 Å². The third kappa shape index (κ3) is 9.01. The van der Waals surface area contributed by atoms with E-state index in [1.54, 1.807) is 13.2 Å². The van der Waals surface area contributed by atoms with Crippen molar-refractivity contribution in [1.82, 2.24) is 25.4 Å². The van der Waals surface area contributed by atoms with Crippen LogP contribution in [0.1, 0.15) is 84.1 Å². The van der Waals surface area contributed by atoms with Crippen molar-refractivity contribution < 1.29 is 38.1 Å². The number of nitrogens with two attached hydrogens (primary N) is 1. The molecule has 2 aromatic rings. The maximum atomic E-state index is 14.7. The Morgan fingerprint density at radius 1 is 1.11 bits per heavy atom. The standard InChI is InChI=1S/C43H60N6O8/c1-6-27-24-43(27,40(44)52)47-37(50)33-23-29-25-49(33)39(51)36(42(2,3)4)46-41(53)57-34-22-26(34)12-8-7-9-14-31-35(30-13-10-11-15-32(30)45-38(31)56-29)55-28-16-18-48(19-17-28)20-21-54-5/h6,10-11,13,15,26-29,33-34,36H,1,7-9,12,14,16-25H2,2-5H3,(H2,44,52)(H,46,53)(H,47,50)/t26-,27-,29-,33+,34-,36-,43-/m1/s1. The summed E-state index contributed by atoms with van der Waals surface area (Å²) in [5.74, 6) is -0.456. The average Bonchev–Trinajstić information content (AvgIpc) is 4.05.